The first-order valence-corrected chi connectivity index (χ1v) is 6.61. The van der Waals surface area contributed by atoms with Crippen LogP contribution in [0.1, 0.15) is 29.2 Å². The SMILES string of the molecule is O=C(O)c1cc(F)cnc1Sc1n[nH]c(=O)n1C1CC1. The molecule has 0 aromatic carbocycles. The number of rotatable bonds is 4. The second-order valence-corrected chi connectivity index (χ2v) is 5.28. The van der Waals surface area contributed by atoms with Gasteiger partial charge in [-0.05, 0) is 30.7 Å². The smallest absolute Gasteiger partial charge is 0.344 e. The Morgan fingerprint density at radius 3 is 2.95 bits per heavy atom. The third-order valence-corrected chi connectivity index (χ3v) is 3.81. The standard InChI is InChI=1S/C11H9FN4O3S/c12-5-3-7(9(17)18)8(13-4-5)20-11-15-14-10(19)16(11)6-1-2-6/h3-4,6H,1-2H2,(H,14,19)(H,17,18). The van der Waals surface area contributed by atoms with E-state index >= 15 is 0 Å². The predicted molar refractivity (Wildman–Crippen MR) is 66.4 cm³/mol. The maximum Gasteiger partial charge on any atom is 0.344 e. The number of carbonyl (C=O) groups is 1. The van der Waals surface area contributed by atoms with Crippen LogP contribution >= 0.6 is 11.8 Å². The van der Waals surface area contributed by atoms with Crippen LogP contribution in [0.15, 0.2) is 27.2 Å². The summed E-state index contributed by atoms with van der Waals surface area (Å²) in [6.45, 7) is 0. The Balaban J connectivity index is 1.99. The van der Waals surface area contributed by atoms with Gasteiger partial charge in [-0.1, -0.05) is 0 Å². The molecule has 0 saturated heterocycles. The Bertz CT molecular complexity index is 738. The Morgan fingerprint density at radius 2 is 2.30 bits per heavy atom. The number of hydrogen-bond donors (Lipinski definition) is 2. The van der Waals surface area contributed by atoms with Crippen molar-refractivity contribution in [2.45, 2.75) is 29.1 Å². The summed E-state index contributed by atoms with van der Waals surface area (Å²) in [4.78, 5) is 26.5. The summed E-state index contributed by atoms with van der Waals surface area (Å²) in [5.74, 6) is -2.01. The zero-order chi connectivity index (χ0) is 14.3. The molecular formula is C11H9FN4O3S. The van der Waals surface area contributed by atoms with Crippen molar-refractivity contribution in [3.63, 3.8) is 0 Å². The molecule has 0 unspecified atom stereocenters. The summed E-state index contributed by atoms with van der Waals surface area (Å²) in [5, 5.41) is 15.7. The van der Waals surface area contributed by atoms with Crippen molar-refractivity contribution in [3.8, 4) is 0 Å². The number of carboxylic acid groups (broad SMARTS) is 1. The van der Waals surface area contributed by atoms with Crippen LogP contribution in [0.25, 0.3) is 0 Å². The number of aromatic carboxylic acids is 1. The fraction of sp³-hybridized carbons (Fsp3) is 0.273. The van der Waals surface area contributed by atoms with Crippen LogP contribution in [-0.2, 0) is 0 Å². The molecule has 1 aliphatic carbocycles. The summed E-state index contributed by atoms with van der Waals surface area (Å²) < 4.78 is 14.5. The first-order chi connectivity index (χ1) is 9.56. The molecule has 0 spiro atoms. The van der Waals surface area contributed by atoms with E-state index in [2.05, 4.69) is 15.2 Å². The summed E-state index contributed by atoms with van der Waals surface area (Å²) in [7, 11) is 0. The molecule has 0 bridgehead atoms. The van der Waals surface area contributed by atoms with Crippen LogP contribution < -0.4 is 5.69 Å². The van der Waals surface area contributed by atoms with E-state index < -0.39 is 11.8 Å². The molecule has 2 aromatic rings. The molecule has 1 saturated carbocycles. The Morgan fingerprint density at radius 1 is 1.55 bits per heavy atom. The van der Waals surface area contributed by atoms with Gasteiger partial charge < -0.3 is 5.11 Å². The third-order valence-electron chi connectivity index (χ3n) is 2.82. The van der Waals surface area contributed by atoms with Gasteiger partial charge in [0, 0.05) is 6.04 Å². The van der Waals surface area contributed by atoms with Gasteiger partial charge in [-0.15, -0.1) is 5.10 Å². The molecule has 0 amide bonds. The number of nitrogens with one attached hydrogen (secondary N) is 1. The van der Waals surface area contributed by atoms with Gasteiger partial charge in [0.2, 0.25) is 0 Å². The van der Waals surface area contributed by atoms with Crippen LogP contribution in [0.3, 0.4) is 0 Å². The highest BCUT2D eigenvalue weighted by atomic mass is 32.2. The minimum absolute atomic E-state index is 0.0949. The summed E-state index contributed by atoms with van der Waals surface area (Å²) in [6.07, 6.45) is 2.70. The molecule has 1 fully saturated rings. The largest absolute Gasteiger partial charge is 0.478 e. The van der Waals surface area contributed by atoms with E-state index in [9.17, 15) is 14.0 Å². The van der Waals surface area contributed by atoms with Crippen LogP contribution in [0.4, 0.5) is 4.39 Å². The zero-order valence-electron chi connectivity index (χ0n) is 10.0. The van der Waals surface area contributed by atoms with Crippen LogP contribution in [0.5, 0.6) is 0 Å². The summed E-state index contributed by atoms with van der Waals surface area (Å²) >= 11 is 0.929. The lowest BCUT2D eigenvalue weighted by Crippen LogP contribution is -2.16. The van der Waals surface area contributed by atoms with E-state index in [0.29, 0.717) is 5.16 Å². The Kier molecular flexibility index (Phi) is 3.05. The van der Waals surface area contributed by atoms with Crippen LogP contribution in [-0.4, -0.2) is 30.8 Å². The van der Waals surface area contributed by atoms with Gasteiger partial charge in [0.05, 0.1) is 11.8 Å². The van der Waals surface area contributed by atoms with Crippen molar-refractivity contribution in [2.75, 3.05) is 0 Å². The van der Waals surface area contributed by atoms with Gasteiger partial charge in [-0.25, -0.2) is 24.1 Å². The molecule has 1 aliphatic rings. The maximum absolute atomic E-state index is 13.1. The van der Waals surface area contributed by atoms with Crippen molar-refractivity contribution < 1.29 is 14.3 Å². The molecule has 2 N–H and O–H groups in total. The first kappa shape index (κ1) is 12.9. The molecule has 20 heavy (non-hydrogen) atoms. The summed E-state index contributed by atoms with van der Waals surface area (Å²) in [5.41, 5.74) is -0.596. The quantitative estimate of drug-likeness (QED) is 0.881. The molecule has 2 heterocycles. The fourth-order valence-corrected chi connectivity index (χ4v) is 2.72. The number of H-pyrrole nitrogens is 1. The molecule has 2 aromatic heterocycles. The van der Waals surface area contributed by atoms with E-state index in [1.807, 2.05) is 0 Å². The second-order valence-electron chi connectivity index (χ2n) is 4.33. The normalized spacial score (nSPS) is 14.4. The fourth-order valence-electron chi connectivity index (χ4n) is 1.76. The number of halogens is 1. The van der Waals surface area contributed by atoms with E-state index in [4.69, 9.17) is 5.11 Å². The van der Waals surface area contributed by atoms with E-state index in [1.54, 1.807) is 0 Å². The molecule has 9 heteroatoms. The number of hydrogen-bond acceptors (Lipinski definition) is 5. The van der Waals surface area contributed by atoms with Gasteiger partial charge in [0.15, 0.2) is 5.16 Å². The van der Waals surface area contributed by atoms with Gasteiger partial charge >= 0.3 is 11.7 Å². The average molecular weight is 296 g/mol. The van der Waals surface area contributed by atoms with Crippen molar-refractivity contribution in [1.29, 1.82) is 0 Å². The topological polar surface area (TPSA) is 101 Å². The molecule has 0 radical (unpaired) electrons. The number of pyridine rings is 1. The molecule has 3 rings (SSSR count). The zero-order valence-corrected chi connectivity index (χ0v) is 10.9. The minimum Gasteiger partial charge on any atom is -0.478 e. The van der Waals surface area contributed by atoms with Crippen LogP contribution in [0, 0.1) is 5.82 Å². The number of aromatic nitrogens is 4. The molecule has 104 valence electrons. The van der Waals surface area contributed by atoms with E-state index in [1.165, 1.54) is 4.57 Å². The second kappa shape index (κ2) is 4.75. The van der Waals surface area contributed by atoms with Crippen molar-refractivity contribution in [2.24, 2.45) is 0 Å². The number of carboxylic acids is 1. The number of aromatic amines is 1. The highest BCUT2D eigenvalue weighted by molar-refractivity contribution is 7.99. The first-order valence-electron chi connectivity index (χ1n) is 5.80. The van der Waals surface area contributed by atoms with E-state index in [-0.39, 0.29) is 22.3 Å². The molecular weight excluding hydrogens is 287 g/mol. The minimum atomic E-state index is -1.28. The summed E-state index contributed by atoms with van der Waals surface area (Å²) in [6, 6.07) is 0.988. The average Bonchev–Trinajstić information content (AvgIpc) is 3.17. The van der Waals surface area contributed by atoms with Gasteiger partial charge in [-0.3, -0.25) is 4.57 Å². The van der Waals surface area contributed by atoms with Crippen molar-refractivity contribution >= 4 is 17.7 Å². The maximum atomic E-state index is 13.1. The molecule has 7 nitrogen and oxygen atoms in total. The number of nitrogens with zero attached hydrogens (tertiary/aromatic N) is 3. The monoisotopic (exact) mass is 296 g/mol. The molecule has 0 atom stereocenters. The van der Waals surface area contributed by atoms with Crippen molar-refractivity contribution in [3.05, 3.63) is 34.1 Å². The van der Waals surface area contributed by atoms with Gasteiger partial charge in [0.25, 0.3) is 0 Å². The lowest BCUT2D eigenvalue weighted by Gasteiger charge is -2.05. The third kappa shape index (κ3) is 2.31. The predicted octanol–water partition coefficient (Wildman–Crippen LogP) is 1.29. The van der Waals surface area contributed by atoms with Crippen LogP contribution in [0.2, 0.25) is 0 Å². The molecule has 0 aliphatic heterocycles. The Hall–Kier alpha value is -2.16. The van der Waals surface area contributed by atoms with Crippen molar-refractivity contribution in [1.82, 2.24) is 19.7 Å². The lowest BCUT2D eigenvalue weighted by atomic mass is 10.3. The highest BCUT2D eigenvalue weighted by Crippen LogP contribution is 2.37. The lowest BCUT2D eigenvalue weighted by molar-refractivity contribution is 0.0691. The van der Waals surface area contributed by atoms with Gasteiger partial charge in [-0.2, -0.15) is 0 Å². The van der Waals surface area contributed by atoms with E-state index in [0.717, 1.165) is 36.9 Å². The van der Waals surface area contributed by atoms with Gasteiger partial charge in [0.1, 0.15) is 10.8 Å². The highest BCUT2D eigenvalue weighted by Gasteiger charge is 2.29. The Labute approximate surface area is 115 Å².